The Morgan fingerprint density at radius 2 is 2.07 bits per heavy atom. The summed E-state index contributed by atoms with van der Waals surface area (Å²) in [7, 11) is -3.40. The molecule has 0 aromatic heterocycles. The van der Waals surface area contributed by atoms with Crippen LogP contribution in [0.5, 0.6) is 0 Å². The summed E-state index contributed by atoms with van der Waals surface area (Å²) in [4.78, 5) is 10.1. The summed E-state index contributed by atoms with van der Waals surface area (Å²) in [5.41, 5.74) is 0. The fourth-order valence-electron chi connectivity index (χ4n) is 0.909. The minimum atomic E-state index is -3.40. The second-order valence-electron chi connectivity index (χ2n) is 3.35. The van der Waals surface area contributed by atoms with Gasteiger partial charge in [-0.2, -0.15) is 0 Å². The number of hydrogen-bond donors (Lipinski definition) is 3. The lowest BCUT2D eigenvalue weighted by Crippen LogP contribution is -2.29. The number of aliphatic hydroxyl groups excluding tert-OH is 1. The molecule has 7 heteroatoms. The Morgan fingerprint density at radius 3 is 2.53 bits per heavy atom. The van der Waals surface area contributed by atoms with Crippen LogP contribution in [0.3, 0.4) is 0 Å². The van der Waals surface area contributed by atoms with Gasteiger partial charge in [0, 0.05) is 13.0 Å². The number of carboxylic acid groups (broad SMARTS) is 1. The molecule has 0 aromatic carbocycles. The van der Waals surface area contributed by atoms with Crippen LogP contribution in [-0.2, 0) is 14.8 Å². The molecule has 0 heterocycles. The summed E-state index contributed by atoms with van der Waals surface area (Å²) >= 11 is 0. The van der Waals surface area contributed by atoms with E-state index in [1.165, 1.54) is 0 Å². The van der Waals surface area contributed by atoms with E-state index in [2.05, 4.69) is 4.72 Å². The molecule has 3 N–H and O–H groups in total. The van der Waals surface area contributed by atoms with Gasteiger partial charge < -0.3 is 10.2 Å². The van der Waals surface area contributed by atoms with Crippen LogP contribution in [0.1, 0.15) is 26.2 Å². The normalized spacial score (nSPS) is 13.7. The predicted molar refractivity (Wildman–Crippen MR) is 55.0 cm³/mol. The summed E-state index contributed by atoms with van der Waals surface area (Å²) < 4.78 is 24.7. The Bertz CT molecular complexity index is 285. The van der Waals surface area contributed by atoms with Crippen LogP contribution in [0.4, 0.5) is 0 Å². The highest BCUT2D eigenvalue weighted by atomic mass is 32.2. The first kappa shape index (κ1) is 14.3. The predicted octanol–water partition coefficient (Wildman–Crippen LogP) is -0.458. The summed E-state index contributed by atoms with van der Waals surface area (Å²) in [6.45, 7) is 1.74. The lowest BCUT2D eigenvalue weighted by atomic mass is 10.3. The molecule has 0 radical (unpaired) electrons. The van der Waals surface area contributed by atoms with Crippen molar-refractivity contribution in [2.75, 3.05) is 12.3 Å². The monoisotopic (exact) mass is 239 g/mol. The van der Waals surface area contributed by atoms with E-state index in [-0.39, 0.29) is 25.1 Å². The average molecular weight is 239 g/mol. The van der Waals surface area contributed by atoms with E-state index in [1.807, 2.05) is 0 Å². The Balaban J connectivity index is 3.73. The molecule has 1 atom stereocenters. The van der Waals surface area contributed by atoms with E-state index in [0.29, 0.717) is 6.42 Å². The Kier molecular flexibility index (Phi) is 6.46. The van der Waals surface area contributed by atoms with Crippen LogP contribution in [0, 0.1) is 0 Å². The maximum atomic E-state index is 11.2. The zero-order chi connectivity index (χ0) is 11.9. The largest absolute Gasteiger partial charge is 0.481 e. The number of aliphatic hydroxyl groups is 1. The van der Waals surface area contributed by atoms with Gasteiger partial charge in [0.05, 0.1) is 11.9 Å². The van der Waals surface area contributed by atoms with Gasteiger partial charge in [0.2, 0.25) is 10.0 Å². The minimum absolute atomic E-state index is 0.0966. The smallest absolute Gasteiger partial charge is 0.303 e. The molecule has 0 saturated heterocycles. The Morgan fingerprint density at radius 1 is 1.47 bits per heavy atom. The maximum Gasteiger partial charge on any atom is 0.303 e. The van der Waals surface area contributed by atoms with Gasteiger partial charge >= 0.3 is 5.97 Å². The van der Waals surface area contributed by atoms with E-state index in [4.69, 9.17) is 10.2 Å². The highest BCUT2D eigenvalue weighted by Crippen LogP contribution is 1.95. The first-order chi connectivity index (χ1) is 6.83. The molecule has 0 amide bonds. The molecule has 0 aliphatic heterocycles. The van der Waals surface area contributed by atoms with Crippen molar-refractivity contribution in [3.63, 3.8) is 0 Å². The van der Waals surface area contributed by atoms with Crippen molar-refractivity contribution in [3.8, 4) is 0 Å². The van der Waals surface area contributed by atoms with Gasteiger partial charge in [0.25, 0.3) is 0 Å². The van der Waals surface area contributed by atoms with Gasteiger partial charge in [-0.3, -0.25) is 4.79 Å². The zero-order valence-electron chi connectivity index (χ0n) is 8.64. The second kappa shape index (κ2) is 6.76. The van der Waals surface area contributed by atoms with Crippen molar-refractivity contribution in [1.29, 1.82) is 0 Å². The molecule has 0 saturated carbocycles. The average Bonchev–Trinajstić information content (AvgIpc) is 2.01. The van der Waals surface area contributed by atoms with Gasteiger partial charge in [-0.05, 0) is 19.8 Å². The molecule has 0 aliphatic carbocycles. The number of nitrogens with one attached hydrogen (secondary N) is 1. The topological polar surface area (TPSA) is 104 Å². The van der Waals surface area contributed by atoms with Crippen molar-refractivity contribution in [2.24, 2.45) is 0 Å². The van der Waals surface area contributed by atoms with E-state index in [0.717, 1.165) is 0 Å². The number of rotatable bonds is 8. The molecule has 0 spiro atoms. The first-order valence-electron chi connectivity index (χ1n) is 4.70. The summed E-state index contributed by atoms with van der Waals surface area (Å²) in [5, 5.41) is 17.2. The van der Waals surface area contributed by atoms with E-state index < -0.39 is 22.1 Å². The van der Waals surface area contributed by atoms with Gasteiger partial charge in [-0.15, -0.1) is 0 Å². The van der Waals surface area contributed by atoms with E-state index in [9.17, 15) is 13.2 Å². The SMILES string of the molecule is CC(O)CCNS(=O)(=O)CCCC(=O)O. The number of carboxylic acids is 1. The van der Waals surface area contributed by atoms with E-state index >= 15 is 0 Å². The van der Waals surface area contributed by atoms with Crippen LogP contribution >= 0.6 is 0 Å². The highest BCUT2D eigenvalue weighted by Gasteiger charge is 2.10. The molecule has 0 aliphatic rings. The molecular weight excluding hydrogens is 222 g/mol. The number of carbonyl (C=O) groups is 1. The van der Waals surface area contributed by atoms with Gasteiger partial charge in [0.15, 0.2) is 0 Å². The second-order valence-corrected chi connectivity index (χ2v) is 5.27. The molecule has 0 rings (SSSR count). The van der Waals surface area contributed by atoms with Crippen LogP contribution in [-0.4, -0.2) is 43.0 Å². The number of sulfonamides is 1. The fourth-order valence-corrected chi connectivity index (χ4v) is 2.01. The lowest BCUT2D eigenvalue weighted by molar-refractivity contribution is -0.137. The molecule has 0 bridgehead atoms. The van der Waals surface area contributed by atoms with Crippen molar-refractivity contribution in [3.05, 3.63) is 0 Å². The van der Waals surface area contributed by atoms with Crippen molar-refractivity contribution in [1.82, 2.24) is 4.72 Å². The van der Waals surface area contributed by atoms with Crippen LogP contribution in [0.15, 0.2) is 0 Å². The summed E-state index contributed by atoms with van der Waals surface area (Å²) in [6.07, 6.45) is -0.263. The van der Waals surface area contributed by atoms with Crippen LogP contribution < -0.4 is 4.72 Å². The number of aliphatic carboxylic acids is 1. The minimum Gasteiger partial charge on any atom is -0.481 e. The maximum absolute atomic E-state index is 11.2. The Hall–Kier alpha value is -0.660. The molecule has 15 heavy (non-hydrogen) atoms. The zero-order valence-corrected chi connectivity index (χ0v) is 9.46. The lowest BCUT2D eigenvalue weighted by Gasteiger charge is -2.07. The third-order valence-corrected chi connectivity index (χ3v) is 3.16. The molecule has 0 fully saturated rings. The van der Waals surface area contributed by atoms with Crippen molar-refractivity contribution >= 4 is 16.0 Å². The van der Waals surface area contributed by atoms with Gasteiger partial charge in [-0.25, -0.2) is 13.1 Å². The van der Waals surface area contributed by atoms with Gasteiger partial charge in [-0.1, -0.05) is 0 Å². The molecule has 90 valence electrons. The van der Waals surface area contributed by atoms with Crippen LogP contribution in [0.25, 0.3) is 0 Å². The van der Waals surface area contributed by atoms with E-state index in [1.54, 1.807) is 6.92 Å². The fraction of sp³-hybridized carbons (Fsp3) is 0.875. The molecule has 0 aromatic rings. The Labute approximate surface area is 89.4 Å². The molecular formula is C8H17NO5S. The summed E-state index contributed by atoms with van der Waals surface area (Å²) in [5.74, 6) is -1.20. The van der Waals surface area contributed by atoms with Crippen LogP contribution in [0.2, 0.25) is 0 Å². The number of hydrogen-bond acceptors (Lipinski definition) is 4. The summed E-state index contributed by atoms with van der Waals surface area (Å²) in [6, 6.07) is 0. The van der Waals surface area contributed by atoms with Gasteiger partial charge in [0.1, 0.15) is 0 Å². The first-order valence-corrected chi connectivity index (χ1v) is 6.36. The standard InChI is InChI=1S/C8H17NO5S/c1-7(10)4-5-9-15(13,14)6-2-3-8(11)12/h7,9-10H,2-6H2,1H3,(H,11,12). The molecule has 6 nitrogen and oxygen atoms in total. The third kappa shape index (κ3) is 9.64. The molecule has 1 unspecified atom stereocenters. The quantitative estimate of drug-likeness (QED) is 0.532. The highest BCUT2D eigenvalue weighted by molar-refractivity contribution is 7.89. The van der Waals surface area contributed by atoms with Crippen molar-refractivity contribution in [2.45, 2.75) is 32.3 Å². The van der Waals surface area contributed by atoms with Crippen molar-refractivity contribution < 1.29 is 23.4 Å². The third-order valence-electron chi connectivity index (χ3n) is 1.69.